The van der Waals surface area contributed by atoms with Crippen molar-refractivity contribution in [2.75, 3.05) is 0 Å². The summed E-state index contributed by atoms with van der Waals surface area (Å²) in [7, 11) is 0. The van der Waals surface area contributed by atoms with E-state index in [9.17, 15) is 0 Å². The van der Waals surface area contributed by atoms with Crippen molar-refractivity contribution in [1.82, 2.24) is 0 Å². The minimum Gasteiger partial charge on any atom is -0.414 e. The second-order valence-electron chi connectivity index (χ2n) is 4.38. The fourth-order valence-electron chi connectivity index (χ4n) is 1.78. The fourth-order valence-corrected chi connectivity index (χ4v) is 4.06. The Morgan fingerprint density at radius 1 is 0.750 bits per heavy atom. The van der Waals surface area contributed by atoms with E-state index < -0.39 is 16.4 Å². The van der Waals surface area contributed by atoms with Crippen molar-refractivity contribution in [2.24, 2.45) is 0 Å². The Labute approximate surface area is 170 Å². The number of hydrogen-bond acceptors (Lipinski definition) is 4. The van der Waals surface area contributed by atoms with Gasteiger partial charge in [-0.15, -0.1) is 0 Å². The van der Waals surface area contributed by atoms with Crippen LogP contribution in [0.5, 0.6) is 11.5 Å². The number of benzene rings is 2. The van der Waals surface area contributed by atoms with Gasteiger partial charge in [0.05, 0.1) is 11.9 Å². The highest BCUT2D eigenvalue weighted by molar-refractivity contribution is 8.08. The quantitative estimate of drug-likeness (QED) is 0.312. The summed E-state index contributed by atoms with van der Waals surface area (Å²) in [5, 5.41) is 0. The highest BCUT2D eigenvalue weighted by Gasteiger charge is 2.28. The predicted molar refractivity (Wildman–Crippen MR) is 104 cm³/mol. The van der Waals surface area contributed by atoms with Gasteiger partial charge >= 0.3 is 6.72 Å². The maximum Gasteiger partial charge on any atom is 0.451 e. The molecule has 2 aromatic carbocycles. The monoisotopic (exact) mass is 464 g/mol. The SMILES string of the molecule is S=P(OCl)(Oc1ccccc1C(Cl)Cl)Oc1ccccc1C(Cl)Cl. The molecule has 0 aliphatic heterocycles. The second-order valence-corrected chi connectivity index (χ2v) is 9.72. The summed E-state index contributed by atoms with van der Waals surface area (Å²) in [5.41, 5.74) is 1.02. The summed E-state index contributed by atoms with van der Waals surface area (Å²) in [5.74, 6) is 0.615. The standard InChI is InChI=1S/C14H10Cl5O3PS/c15-13(16)9-5-1-3-7-11(9)20-23(24,22-19)21-12-8-4-2-6-10(12)14(17)18/h1-8,13-14H. The number of alkyl halides is 4. The zero-order valence-electron chi connectivity index (χ0n) is 11.7. The minimum atomic E-state index is -3.41. The number of rotatable bonds is 7. The molecule has 0 fully saturated rings. The van der Waals surface area contributed by atoms with Gasteiger partial charge in [0.1, 0.15) is 21.2 Å². The molecular formula is C14H10Cl5O3PS. The summed E-state index contributed by atoms with van der Waals surface area (Å²) in [4.78, 5) is -1.63. The summed E-state index contributed by atoms with van der Waals surface area (Å²) in [6.45, 7) is -3.41. The van der Waals surface area contributed by atoms with E-state index >= 15 is 0 Å². The van der Waals surface area contributed by atoms with Crippen LogP contribution in [0.1, 0.15) is 20.8 Å². The highest BCUT2D eigenvalue weighted by Crippen LogP contribution is 2.54. The van der Waals surface area contributed by atoms with E-state index in [4.69, 9.17) is 83.2 Å². The Bertz CT molecular complexity index is 686. The van der Waals surface area contributed by atoms with Crippen molar-refractivity contribution >= 4 is 76.8 Å². The van der Waals surface area contributed by atoms with Crippen LogP contribution < -0.4 is 9.05 Å². The van der Waals surface area contributed by atoms with Crippen molar-refractivity contribution in [1.29, 1.82) is 0 Å². The first-order valence-electron chi connectivity index (χ1n) is 6.40. The molecule has 0 amide bonds. The van der Waals surface area contributed by atoms with E-state index in [1.807, 2.05) is 0 Å². The molecular weight excluding hydrogens is 456 g/mol. The zero-order chi connectivity index (χ0) is 17.7. The van der Waals surface area contributed by atoms with Crippen molar-refractivity contribution < 1.29 is 13.1 Å². The molecule has 0 N–H and O–H groups in total. The van der Waals surface area contributed by atoms with Gasteiger partial charge < -0.3 is 9.05 Å². The molecule has 2 aromatic rings. The van der Waals surface area contributed by atoms with Gasteiger partial charge in [-0.25, -0.2) is 0 Å². The van der Waals surface area contributed by atoms with Gasteiger partial charge in [0, 0.05) is 22.9 Å². The molecule has 2 rings (SSSR count). The Morgan fingerprint density at radius 2 is 1.12 bits per heavy atom. The zero-order valence-corrected chi connectivity index (χ0v) is 17.2. The molecule has 0 spiro atoms. The van der Waals surface area contributed by atoms with Crippen LogP contribution in [0.25, 0.3) is 0 Å². The first-order valence-corrected chi connectivity index (χ1v) is 11.0. The van der Waals surface area contributed by atoms with E-state index in [0.717, 1.165) is 0 Å². The highest BCUT2D eigenvalue weighted by atomic mass is 35.5. The number of para-hydroxylation sites is 2. The first-order chi connectivity index (χ1) is 11.4. The van der Waals surface area contributed by atoms with E-state index in [0.29, 0.717) is 22.6 Å². The fraction of sp³-hybridized carbons (Fsp3) is 0.143. The molecule has 130 valence electrons. The maximum atomic E-state index is 5.92. The van der Waals surface area contributed by atoms with Crippen LogP contribution >= 0.6 is 65.0 Å². The van der Waals surface area contributed by atoms with Crippen LogP contribution in [0, 0.1) is 0 Å². The lowest BCUT2D eigenvalue weighted by Crippen LogP contribution is -2.04. The molecule has 0 aliphatic carbocycles. The predicted octanol–water partition coefficient (Wildman–Crippen LogP) is 7.49. The van der Waals surface area contributed by atoms with Crippen LogP contribution in [0.2, 0.25) is 0 Å². The van der Waals surface area contributed by atoms with Crippen molar-refractivity contribution in [2.45, 2.75) is 9.67 Å². The van der Waals surface area contributed by atoms with Crippen LogP contribution in [0.4, 0.5) is 0 Å². The summed E-state index contributed by atoms with van der Waals surface area (Å²) in [6, 6.07) is 13.6. The van der Waals surface area contributed by atoms with E-state index in [2.05, 4.69) is 0 Å². The number of hydrogen-bond donors (Lipinski definition) is 0. The van der Waals surface area contributed by atoms with E-state index in [-0.39, 0.29) is 0 Å². The van der Waals surface area contributed by atoms with Gasteiger partial charge in [-0.3, -0.25) is 0 Å². The molecule has 0 radical (unpaired) electrons. The average molecular weight is 467 g/mol. The van der Waals surface area contributed by atoms with E-state index in [1.54, 1.807) is 48.5 Å². The third-order valence-electron chi connectivity index (χ3n) is 2.81. The van der Waals surface area contributed by atoms with Gasteiger partial charge in [0.25, 0.3) is 0 Å². The molecule has 0 heterocycles. The summed E-state index contributed by atoms with van der Waals surface area (Å²) in [6.07, 6.45) is 0. The number of halogens is 5. The smallest absolute Gasteiger partial charge is 0.414 e. The molecule has 0 bridgehead atoms. The lowest BCUT2D eigenvalue weighted by molar-refractivity contribution is 0.395. The van der Waals surface area contributed by atoms with Crippen LogP contribution in [0.3, 0.4) is 0 Å². The van der Waals surface area contributed by atoms with Crippen LogP contribution in [-0.4, -0.2) is 0 Å². The van der Waals surface area contributed by atoms with Crippen molar-refractivity contribution in [3.8, 4) is 11.5 Å². The Balaban J connectivity index is 2.32. The van der Waals surface area contributed by atoms with Crippen molar-refractivity contribution in [3.05, 3.63) is 59.7 Å². The maximum absolute atomic E-state index is 5.92. The third-order valence-corrected chi connectivity index (χ3v) is 6.22. The first kappa shape index (κ1) is 20.4. The summed E-state index contributed by atoms with van der Waals surface area (Å²) >= 11 is 34.5. The molecule has 10 heteroatoms. The minimum absolute atomic E-state index is 0.308. The Kier molecular flexibility index (Phi) is 7.79. The lowest BCUT2D eigenvalue weighted by atomic mass is 10.2. The molecule has 3 nitrogen and oxygen atoms in total. The summed E-state index contributed by atoms with van der Waals surface area (Å²) < 4.78 is 16.1. The van der Waals surface area contributed by atoms with E-state index in [1.165, 1.54) is 0 Å². The van der Waals surface area contributed by atoms with Gasteiger partial charge in [-0.1, -0.05) is 82.8 Å². The molecule has 0 saturated heterocycles. The average Bonchev–Trinajstić information content (AvgIpc) is 2.55. The molecule has 24 heavy (non-hydrogen) atoms. The molecule has 0 aromatic heterocycles. The van der Waals surface area contributed by atoms with Crippen LogP contribution in [0.15, 0.2) is 48.5 Å². The molecule has 0 atom stereocenters. The molecule has 0 saturated carbocycles. The topological polar surface area (TPSA) is 27.7 Å². The third kappa shape index (κ3) is 5.30. The largest absolute Gasteiger partial charge is 0.451 e. The molecule has 0 aliphatic rings. The van der Waals surface area contributed by atoms with Crippen molar-refractivity contribution in [3.63, 3.8) is 0 Å². The Hall–Kier alpha value is 0.1000. The van der Waals surface area contributed by atoms with Gasteiger partial charge in [-0.2, -0.15) is 4.08 Å². The van der Waals surface area contributed by atoms with Crippen LogP contribution in [-0.2, 0) is 15.9 Å². The Morgan fingerprint density at radius 3 is 1.46 bits per heavy atom. The molecule has 0 unspecified atom stereocenters. The normalized spacial score (nSPS) is 11.8. The van der Waals surface area contributed by atoms with Gasteiger partial charge in [0.15, 0.2) is 0 Å². The van der Waals surface area contributed by atoms with Gasteiger partial charge in [0.2, 0.25) is 0 Å². The lowest BCUT2D eigenvalue weighted by Gasteiger charge is -2.22. The van der Waals surface area contributed by atoms with Gasteiger partial charge in [-0.05, 0) is 12.1 Å². The second kappa shape index (κ2) is 9.16.